The second-order valence-corrected chi connectivity index (χ2v) is 7.93. The van der Waals surface area contributed by atoms with Crippen molar-refractivity contribution < 1.29 is 18.8 Å². The summed E-state index contributed by atoms with van der Waals surface area (Å²) in [7, 11) is 0. The van der Waals surface area contributed by atoms with Crippen molar-refractivity contribution in [3.63, 3.8) is 0 Å². The quantitative estimate of drug-likeness (QED) is 0.650. The molecule has 0 aliphatic carbocycles. The topological polar surface area (TPSA) is 60.9 Å². The molecule has 0 unspecified atom stereocenters. The van der Waals surface area contributed by atoms with Crippen LogP contribution in [0.2, 0.25) is 5.02 Å². The fourth-order valence-electron chi connectivity index (χ4n) is 3.45. The van der Waals surface area contributed by atoms with Crippen molar-refractivity contribution in [3.8, 4) is 0 Å². The first-order valence-electron chi connectivity index (χ1n) is 10.2. The number of halogens is 2. The molecule has 3 amide bonds. The van der Waals surface area contributed by atoms with Gasteiger partial charge in [-0.25, -0.2) is 4.39 Å². The van der Waals surface area contributed by atoms with Crippen LogP contribution in [0.3, 0.4) is 0 Å². The Morgan fingerprint density at radius 2 is 1.87 bits per heavy atom. The third-order valence-corrected chi connectivity index (χ3v) is 5.72. The summed E-state index contributed by atoms with van der Waals surface area (Å²) in [5, 5.41) is 0.547. The number of benzene rings is 2. The average Bonchev–Trinajstić information content (AvgIpc) is 3.14. The van der Waals surface area contributed by atoms with E-state index in [1.54, 1.807) is 18.2 Å². The van der Waals surface area contributed by atoms with Crippen molar-refractivity contribution in [1.29, 1.82) is 0 Å². The highest BCUT2D eigenvalue weighted by molar-refractivity contribution is 6.31. The molecule has 0 atom stereocenters. The summed E-state index contributed by atoms with van der Waals surface area (Å²) in [6.45, 7) is 4.11. The van der Waals surface area contributed by atoms with Crippen molar-refractivity contribution >= 4 is 35.0 Å². The summed E-state index contributed by atoms with van der Waals surface area (Å²) >= 11 is 6.17. The molecule has 3 rings (SSSR count). The maximum atomic E-state index is 13.2. The van der Waals surface area contributed by atoms with E-state index in [4.69, 9.17) is 11.6 Å². The smallest absolute Gasteiger partial charge is 0.254 e. The van der Waals surface area contributed by atoms with Gasteiger partial charge in [-0.2, -0.15) is 0 Å². The van der Waals surface area contributed by atoms with Gasteiger partial charge in [0.05, 0.1) is 0 Å². The highest BCUT2D eigenvalue weighted by Crippen LogP contribution is 2.28. The monoisotopic (exact) mass is 445 g/mol. The molecule has 0 N–H and O–H groups in total. The van der Waals surface area contributed by atoms with Crippen LogP contribution >= 0.6 is 11.6 Å². The van der Waals surface area contributed by atoms with Gasteiger partial charge in [0.15, 0.2) is 0 Å². The molecule has 2 aromatic carbocycles. The lowest BCUT2D eigenvalue weighted by atomic mass is 10.2. The number of nitrogens with zero attached hydrogens (tertiary/aromatic N) is 3. The molecule has 0 spiro atoms. The Morgan fingerprint density at radius 1 is 1.16 bits per heavy atom. The molecular formula is C23H25ClFN3O3. The number of hydrogen-bond acceptors (Lipinski definition) is 3. The maximum absolute atomic E-state index is 13.2. The van der Waals surface area contributed by atoms with Crippen molar-refractivity contribution in [3.05, 3.63) is 64.4 Å². The Labute approximate surface area is 186 Å². The Balaban J connectivity index is 1.72. The number of rotatable bonds is 7. The SMILES string of the molecule is CCCCN(CC(=O)N1CC(=O)N(c2cccc(Cl)c2C)C1)C(=O)c1ccc(F)cc1. The summed E-state index contributed by atoms with van der Waals surface area (Å²) in [4.78, 5) is 42.8. The van der Waals surface area contributed by atoms with E-state index in [9.17, 15) is 18.8 Å². The van der Waals surface area contributed by atoms with Crippen molar-refractivity contribution in [2.45, 2.75) is 26.7 Å². The van der Waals surface area contributed by atoms with Gasteiger partial charge in [0.25, 0.3) is 5.91 Å². The fraction of sp³-hybridized carbons (Fsp3) is 0.348. The van der Waals surface area contributed by atoms with Gasteiger partial charge < -0.3 is 9.80 Å². The normalized spacial score (nSPS) is 13.6. The number of hydrogen-bond donors (Lipinski definition) is 0. The third kappa shape index (κ3) is 5.22. The zero-order valence-corrected chi connectivity index (χ0v) is 18.4. The highest BCUT2D eigenvalue weighted by atomic mass is 35.5. The largest absolute Gasteiger partial charge is 0.329 e. The van der Waals surface area contributed by atoms with E-state index >= 15 is 0 Å². The second kappa shape index (κ2) is 9.92. The van der Waals surface area contributed by atoms with Gasteiger partial charge in [-0.15, -0.1) is 0 Å². The summed E-state index contributed by atoms with van der Waals surface area (Å²) in [5.41, 5.74) is 1.75. The van der Waals surface area contributed by atoms with E-state index in [-0.39, 0.29) is 37.5 Å². The second-order valence-electron chi connectivity index (χ2n) is 7.53. The zero-order chi connectivity index (χ0) is 22.5. The van der Waals surface area contributed by atoms with E-state index < -0.39 is 5.82 Å². The fourth-order valence-corrected chi connectivity index (χ4v) is 3.62. The molecule has 0 saturated carbocycles. The molecule has 0 bridgehead atoms. The average molecular weight is 446 g/mol. The molecule has 1 aliphatic heterocycles. The lowest BCUT2D eigenvalue weighted by Crippen LogP contribution is -2.43. The van der Waals surface area contributed by atoms with Crippen LogP contribution in [0.4, 0.5) is 10.1 Å². The van der Waals surface area contributed by atoms with Gasteiger partial charge in [0, 0.05) is 22.8 Å². The number of carbonyl (C=O) groups excluding carboxylic acids is 3. The molecule has 8 heteroatoms. The molecule has 1 heterocycles. The number of anilines is 1. The van der Waals surface area contributed by atoms with Crippen LogP contribution in [0.25, 0.3) is 0 Å². The van der Waals surface area contributed by atoms with Gasteiger partial charge in [0.1, 0.15) is 25.6 Å². The summed E-state index contributed by atoms with van der Waals surface area (Å²) in [6, 6.07) is 10.6. The van der Waals surface area contributed by atoms with Crippen LogP contribution in [0.1, 0.15) is 35.7 Å². The van der Waals surface area contributed by atoms with Crippen molar-refractivity contribution in [2.75, 3.05) is 31.2 Å². The van der Waals surface area contributed by atoms with E-state index in [2.05, 4.69) is 0 Å². The Kier molecular flexibility index (Phi) is 7.28. The third-order valence-electron chi connectivity index (χ3n) is 5.31. The summed E-state index contributed by atoms with van der Waals surface area (Å²) in [6.07, 6.45) is 1.58. The number of amides is 3. The summed E-state index contributed by atoms with van der Waals surface area (Å²) in [5.74, 6) is -1.29. The Bertz CT molecular complexity index is 981. The first kappa shape index (κ1) is 22.7. The molecule has 164 valence electrons. The van der Waals surface area contributed by atoms with Gasteiger partial charge >= 0.3 is 0 Å². The standard InChI is InChI=1S/C23H25ClFN3O3/c1-3-4-12-26(23(31)17-8-10-18(25)11-9-17)13-21(29)27-14-22(30)28(15-27)20-7-5-6-19(24)16(20)2/h5-11H,3-4,12-15H2,1-2H3. The van der Waals surface area contributed by atoms with Gasteiger partial charge in [0.2, 0.25) is 11.8 Å². The molecule has 31 heavy (non-hydrogen) atoms. The maximum Gasteiger partial charge on any atom is 0.254 e. The predicted molar refractivity (Wildman–Crippen MR) is 117 cm³/mol. The minimum atomic E-state index is -0.431. The molecule has 1 saturated heterocycles. The van der Waals surface area contributed by atoms with Crippen LogP contribution in [-0.4, -0.2) is 53.8 Å². The highest BCUT2D eigenvalue weighted by Gasteiger charge is 2.33. The molecular weight excluding hydrogens is 421 g/mol. The van der Waals surface area contributed by atoms with Crippen LogP contribution in [0.15, 0.2) is 42.5 Å². The molecule has 1 aliphatic rings. The van der Waals surface area contributed by atoms with E-state index in [1.807, 2.05) is 13.8 Å². The Hall–Kier alpha value is -2.93. The van der Waals surface area contributed by atoms with Crippen molar-refractivity contribution in [1.82, 2.24) is 9.80 Å². The van der Waals surface area contributed by atoms with Crippen LogP contribution in [0, 0.1) is 12.7 Å². The molecule has 1 fully saturated rings. The molecule has 6 nitrogen and oxygen atoms in total. The summed E-state index contributed by atoms with van der Waals surface area (Å²) < 4.78 is 13.2. The zero-order valence-electron chi connectivity index (χ0n) is 17.6. The minimum absolute atomic E-state index is 0.0584. The van der Waals surface area contributed by atoms with E-state index in [1.165, 1.54) is 39.0 Å². The lowest BCUT2D eigenvalue weighted by Gasteiger charge is -2.25. The van der Waals surface area contributed by atoms with Gasteiger partial charge in [-0.05, 0) is 55.3 Å². The first-order valence-corrected chi connectivity index (χ1v) is 10.6. The number of carbonyl (C=O) groups is 3. The minimum Gasteiger partial charge on any atom is -0.329 e. The van der Waals surface area contributed by atoms with E-state index in [0.29, 0.717) is 22.8 Å². The van der Waals surface area contributed by atoms with Crippen LogP contribution in [0.5, 0.6) is 0 Å². The predicted octanol–water partition coefficient (Wildman–Crippen LogP) is 3.86. The van der Waals surface area contributed by atoms with Gasteiger partial charge in [-0.3, -0.25) is 19.3 Å². The molecule has 2 aromatic rings. The van der Waals surface area contributed by atoms with Crippen LogP contribution in [-0.2, 0) is 9.59 Å². The van der Waals surface area contributed by atoms with Gasteiger partial charge in [-0.1, -0.05) is 31.0 Å². The first-order chi connectivity index (χ1) is 14.8. The molecule has 0 radical (unpaired) electrons. The van der Waals surface area contributed by atoms with E-state index in [0.717, 1.165) is 18.4 Å². The number of unbranched alkanes of at least 4 members (excludes halogenated alkanes) is 1. The van der Waals surface area contributed by atoms with Crippen LogP contribution < -0.4 is 4.90 Å². The molecule has 0 aromatic heterocycles. The Morgan fingerprint density at radius 3 is 2.55 bits per heavy atom. The lowest BCUT2D eigenvalue weighted by molar-refractivity contribution is -0.132. The van der Waals surface area contributed by atoms with Crippen molar-refractivity contribution in [2.24, 2.45) is 0 Å².